The van der Waals surface area contributed by atoms with Gasteiger partial charge in [-0.15, -0.1) is 0 Å². The third kappa shape index (κ3) is 3.60. The van der Waals surface area contributed by atoms with Crippen molar-refractivity contribution in [2.75, 3.05) is 23.7 Å². The normalized spacial score (nSPS) is 19.0. The average Bonchev–Trinajstić information content (AvgIpc) is 2.27. The Morgan fingerprint density at radius 1 is 1.44 bits per heavy atom. The zero-order valence-corrected chi connectivity index (χ0v) is 13.6. The molecule has 1 aliphatic heterocycles. The van der Waals surface area contributed by atoms with Crippen molar-refractivity contribution in [2.24, 2.45) is 0 Å². The van der Waals surface area contributed by atoms with E-state index in [9.17, 15) is 0 Å². The number of aromatic nitrogens is 2. The van der Waals surface area contributed by atoms with Crippen molar-refractivity contribution in [3.05, 3.63) is 16.5 Å². The lowest BCUT2D eigenvalue weighted by atomic mass is 10.2. The molecule has 1 aromatic heterocycles. The highest BCUT2D eigenvalue weighted by Gasteiger charge is 2.28. The third-order valence-electron chi connectivity index (χ3n) is 2.95. The minimum atomic E-state index is 0.306. The number of rotatable bonds is 3. The Morgan fingerprint density at radius 2 is 2.22 bits per heavy atom. The summed E-state index contributed by atoms with van der Waals surface area (Å²) in [7, 11) is 0. The van der Waals surface area contributed by atoms with Crippen molar-refractivity contribution >= 4 is 33.5 Å². The largest absolute Gasteiger partial charge is 0.354 e. The van der Waals surface area contributed by atoms with Gasteiger partial charge in [0.05, 0.1) is 0 Å². The van der Waals surface area contributed by atoms with E-state index in [0.717, 1.165) is 47.9 Å². The van der Waals surface area contributed by atoms with E-state index in [1.54, 1.807) is 0 Å². The molecule has 3 nitrogen and oxygen atoms in total. The van der Waals surface area contributed by atoms with Crippen molar-refractivity contribution < 1.29 is 0 Å². The fraction of sp³-hybridized carbons (Fsp3) is 0.692. The van der Waals surface area contributed by atoms with Gasteiger partial charge in [0.25, 0.3) is 0 Å². The zero-order chi connectivity index (χ0) is 13.2. The van der Waals surface area contributed by atoms with Crippen LogP contribution < -0.4 is 4.90 Å². The average molecular weight is 330 g/mol. The molecule has 1 saturated heterocycles. The molecule has 0 spiro atoms. The van der Waals surface area contributed by atoms with Crippen LogP contribution in [0.3, 0.4) is 0 Å². The number of aryl methyl sites for hydroxylation is 1. The van der Waals surface area contributed by atoms with E-state index in [4.69, 9.17) is 0 Å². The third-order valence-corrected chi connectivity index (χ3v) is 4.65. The number of halogens is 1. The molecule has 5 heteroatoms. The first-order valence-corrected chi connectivity index (χ1v) is 8.20. The van der Waals surface area contributed by atoms with Gasteiger partial charge in [-0.3, -0.25) is 0 Å². The fourth-order valence-electron chi connectivity index (χ4n) is 2.16. The molecule has 18 heavy (non-hydrogen) atoms. The number of nitrogens with zero attached hydrogens (tertiary/aromatic N) is 3. The topological polar surface area (TPSA) is 29.0 Å². The molecular formula is C13H20BrN3S. The summed E-state index contributed by atoms with van der Waals surface area (Å²) in [4.78, 5) is 11.5. The molecule has 1 aliphatic rings. The Bertz CT molecular complexity index is 423. The second kappa shape index (κ2) is 5.78. The van der Waals surface area contributed by atoms with E-state index >= 15 is 0 Å². The number of anilines is 1. The number of thioether (sulfide) groups is 1. The fourth-order valence-corrected chi connectivity index (χ4v) is 3.68. The zero-order valence-electron chi connectivity index (χ0n) is 11.2. The van der Waals surface area contributed by atoms with E-state index < -0.39 is 0 Å². The summed E-state index contributed by atoms with van der Waals surface area (Å²) in [6, 6.07) is 2.03. The van der Waals surface area contributed by atoms with Gasteiger partial charge in [0.1, 0.15) is 16.2 Å². The summed E-state index contributed by atoms with van der Waals surface area (Å²) in [6.07, 6.45) is 2.02. The summed E-state index contributed by atoms with van der Waals surface area (Å²) in [5.41, 5.74) is 0. The van der Waals surface area contributed by atoms with Crippen LogP contribution in [0.2, 0.25) is 0 Å². The second-order valence-corrected chi connectivity index (χ2v) is 7.86. The van der Waals surface area contributed by atoms with Crippen LogP contribution in [-0.2, 0) is 6.42 Å². The molecule has 0 unspecified atom stereocenters. The summed E-state index contributed by atoms with van der Waals surface area (Å²) >= 11 is 5.54. The molecule has 2 rings (SSSR count). The first kappa shape index (κ1) is 14.1. The molecule has 0 aliphatic carbocycles. The van der Waals surface area contributed by atoms with E-state index in [1.807, 2.05) is 17.8 Å². The van der Waals surface area contributed by atoms with Crippen molar-refractivity contribution in [3.63, 3.8) is 0 Å². The predicted molar refractivity (Wildman–Crippen MR) is 82.5 cm³/mol. The van der Waals surface area contributed by atoms with Crippen LogP contribution in [-0.4, -0.2) is 33.6 Å². The molecule has 0 amide bonds. The standard InChI is InChI=1S/C13H20BrN3S/c1-4-5-11-15-10(14)8-12(16-11)17-6-7-18-13(2,3)9-17/h8H,4-7,9H2,1-3H3. The van der Waals surface area contributed by atoms with Gasteiger partial charge >= 0.3 is 0 Å². The maximum atomic E-state index is 4.69. The maximum absolute atomic E-state index is 4.69. The quantitative estimate of drug-likeness (QED) is 0.793. The van der Waals surface area contributed by atoms with E-state index in [2.05, 4.69) is 51.6 Å². The molecule has 0 N–H and O–H groups in total. The van der Waals surface area contributed by atoms with Crippen molar-refractivity contribution in [2.45, 2.75) is 38.4 Å². The molecule has 0 radical (unpaired) electrons. The summed E-state index contributed by atoms with van der Waals surface area (Å²) < 4.78 is 1.20. The molecule has 100 valence electrons. The number of hydrogen-bond donors (Lipinski definition) is 0. The van der Waals surface area contributed by atoms with Crippen LogP contribution in [0.15, 0.2) is 10.7 Å². The minimum Gasteiger partial charge on any atom is -0.354 e. The van der Waals surface area contributed by atoms with Crippen LogP contribution in [0, 0.1) is 0 Å². The van der Waals surface area contributed by atoms with Gasteiger partial charge in [-0.25, -0.2) is 9.97 Å². The lowest BCUT2D eigenvalue weighted by Crippen LogP contribution is -2.43. The van der Waals surface area contributed by atoms with E-state index in [0.29, 0.717) is 4.75 Å². The van der Waals surface area contributed by atoms with E-state index in [-0.39, 0.29) is 0 Å². The monoisotopic (exact) mass is 329 g/mol. The Labute approximate surface area is 122 Å². The van der Waals surface area contributed by atoms with Crippen LogP contribution >= 0.6 is 27.7 Å². The van der Waals surface area contributed by atoms with E-state index in [1.165, 1.54) is 0 Å². The lowest BCUT2D eigenvalue weighted by Gasteiger charge is -2.38. The van der Waals surface area contributed by atoms with Gasteiger partial charge < -0.3 is 4.90 Å². The number of hydrogen-bond acceptors (Lipinski definition) is 4. The Balaban J connectivity index is 2.21. The Kier molecular flexibility index (Phi) is 4.54. The summed E-state index contributed by atoms with van der Waals surface area (Å²) in [6.45, 7) is 8.88. The SMILES string of the molecule is CCCc1nc(Br)cc(N2CCSC(C)(C)C2)n1. The van der Waals surface area contributed by atoms with Crippen LogP contribution in [0.4, 0.5) is 5.82 Å². The van der Waals surface area contributed by atoms with Gasteiger partial charge in [-0.05, 0) is 36.2 Å². The Hall–Kier alpha value is -0.290. The van der Waals surface area contributed by atoms with Crippen LogP contribution in [0.1, 0.15) is 33.0 Å². The van der Waals surface area contributed by atoms with Gasteiger partial charge in [0.15, 0.2) is 0 Å². The van der Waals surface area contributed by atoms with Gasteiger partial charge in [-0.2, -0.15) is 11.8 Å². The molecule has 2 heterocycles. The van der Waals surface area contributed by atoms with Gasteiger partial charge in [-0.1, -0.05) is 6.92 Å². The smallest absolute Gasteiger partial charge is 0.133 e. The molecule has 0 bridgehead atoms. The highest BCUT2D eigenvalue weighted by Crippen LogP contribution is 2.32. The molecular weight excluding hydrogens is 310 g/mol. The predicted octanol–water partition coefficient (Wildman–Crippen LogP) is 3.52. The van der Waals surface area contributed by atoms with Crippen molar-refractivity contribution in [1.29, 1.82) is 0 Å². The molecule has 1 fully saturated rings. The first-order chi connectivity index (χ1) is 8.50. The molecule has 0 atom stereocenters. The summed E-state index contributed by atoms with van der Waals surface area (Å²) in [5.74, 6) is 3.17. The first-order valence-electron chi connectivity index (χ1n) is 6.42. The van der Waals surface area contributed by atoms with Crippen LogP contribution in [0.5, 0.6) is 0 Å². The highest BCUT2D eigenvalue weighted by atomic mass is 79.9. The highest BCUT2D eigenvalue weighted by molar-refractivity contribution is 9.10. The molecule has 1 aromatic rings. The van der Waals surface area contributed by atoms with Crippen molar-refractivity contribution in [3.8, 4) is 0 Å². The van der Waals surface area contributed by atoms with Crippen LogP contribution in [0.25, 0.3) is 0 Å². The molecule has 0 saturated carbocycles. The van der Waals surface area contributed by atoms with Crippen molar-refractivity contribution in [1.82, 2.24) is 9.97 Å². The van der Waals surface area contributed by atoms with Gasteiger partial charge in [0.2, 0.25) is 0 Å². The lowest BCUT2D eigenvalue weighted by molar-refractivity contribution is 0.639. The van der Waals surface area contributed by atoms with Gasteiger partial charge in [0, 0.05) is 36.1 Å². The second-order valence-electron chi connectivity index (χ2n) is 5.24. The maximum Gasteiger partial charge on any atom is 0.133 e. The Morgan fingerprint density at radius 3 is 2.89 bits per heavy atom. The minimum absolute atomic E-state index is 0.306. The molecule has 0 aromatic carbocycles. The summed E-state index contributed by atoms with van der Waals surface area (Å²) in [5, 5.41) is 0.